The minimum atomic E-state index is -6.46. The number of hydrogen-bond acceptors (Lipinski definition) is 3. The summed E-state index contributed by atoms with van der Waals surface area (Å²) < 4.78 is 108. The molecule has 30 heavy (non-hydrogen) atoms. The molecule has 0 unspecified atom stereocenters. The van der Waals surface area contributed by atoms with Gasteiger partial charge < -0.3 is 4.74 Å². The Balaban J connectivity index is 2.12. The second-order valence-electron chi connectivity index (χ2n) is 5.71. The fraction of sp³-hybridized carbons (Fsp3) is 0.235. The second-order valence-corrected chi connectivity index (χ2v) is 7.73. The molecule has 2 aromatic rings. The van der Waals surface area contributed by atoms with Gasteiger partial charge in [0.05, 0.1) is 14.3 Å². The van der Waals surface area contributed by atoms with Gasteiger partial charge in [0.1, 0.15) is 18.2 Å². The standard InChI is InChI=1S/C17H10BrF8IN2O/c18-11-5-9(7-28-29-17(25,26)15(20,21)16(22,23)24)6-13(27)14(11)30-8-10-3-1-2-4-12(10)19/h1-7,29H,8H2/b28-7+. The second kappa shape index (κ2) is 9.24. The van der Waals surface area contributed by atoms with Gasteiger partial charge in [0.15, 0.2) is 0 Å². The average molecular weight is 617 g/mol. The molecule has 0 aliphatic rings. The molecule has 1 N–H and O–H groups in total. The SMILES string of the molecule is Fc1ccccc1COc1c(Br)cc(/C=N/NC(F)(F)C(F)(F)C(F)(F)F)cc1I. The molecule has 0 amide bonds. The van der Waals surface area contributed by atoms with Crippen LogP contribution in [0.15, 0.2) is 46.0 Å². The maximum atomic E-state index is 13.6. The summed E-state index contributed by atoms with van der Waals surface area (Å²) in [5.41, 5.74) is 0.903. The van der Waals surface area contributed by atoms with E-state index < -0.39 is 24.0 Å². The molecule has 0 aliphatic carbocycles. The van der Waals surface area contributed by atoms with Crippen molar-refractivity contribution in [3.8, 4) is 5.75 Å². The lowest BCUT2D eigenvalue weighted by Gasteiger charge is -2.27. The Kier molecular flexibility index (Phi) is 7.59. The van der Waals surface area contributed by atoms with Gasteiger partial charge in [-0.05, 0) is 62.3 Å². The predicted octanol–water partition coefficient (Wildman–Crippen LogP) is 6.49. The van der Waals surface area contributed by atoms with Crippen LogP contribution in [-0.2, 0) is 6.61 Å². The van der Waals surface area contributed by atoms with Gasteiger partial charge in [-0.1, -0.05) is 18.2 Å². The summed E-state index contributed by atoms with van der Waals surface area (Å²) in [7, 11) is 0. The molecule has 0 saturated heterocycles. The zero-order valence-corrected chi connectivity index (χ0v) is 18.1. The van der Waals surface area contributed by atoms with Crippen molar-refractivity contribution in [1.29, 1.82) is 0 Å². The minimum absolute atomic E-state index is 0.0862. The van der Waals surface area contributed by atoms with Crippen LogP contribution in [-0.4, -0.2) is 24.4 Å². The third kappa shape index (κ3) is 5.53. The molecular formula is C17H10BrF8IN2O. The van der Waals surface area contributed by atoms with Crippen LogP contribution in [0.25, 0.3) is 0 Å². The molecule has 0 spiro atoms. The quantitative estimate of drug-likeness (QED) is 0.127. The van der Waals surface area contributed by atoms with E-state index in [-0.39, 0.29) is 23.5 Å². The number of nitrogens with zero attached hydrogens (tertiary/aromatic N) is 1. The molecule has 13 heteroatoms. The first-order valence-corrected chi connectivity index (χ1v) is 9.61. The lowest BCUT2D eigenvalue weighted by Crippen LogP contribution is -2.58. The highest BCUT2D eigenvalue weighted by atomic mass is 127. The van der Waals surface area contributed by atoms with Crippen LogP contribution in [0.1, 0.15) is 11.1 Å². The van der Waals surface area contributed by atoms with Crippen LogP contribution in [0, 0.1) is 9.39 Å². The summed E-state index contributed by atoms with van der Waals surface area (Å²) in [5, 5.41) is 2.79. The number of alkyl halides is 7. The van der Waals surface area contributed by atoms with Crippen molar-refractivity contribution in [3.63, 3.8) is 0 Å². The van der Waals surface area contributed by atoms with E-state index in [2.05, 4.69) is 21.0 Å². The van der Waals surface area contributed by atoms with Crippen LogP contribution in [0.5, 0.6) is 5.75 Å². The summed E-state index contributed by atoms with van der Waals surface area (Å²) in [6, 6.07) is 2.87. The van der Waals surface area contributed by atoms with Crippen molar-refractivity contribution in [3.05, 3.63) is 61.4 Å². The van der Waals surface area contributed by atoms with Crippen LogP contribution < -0.4 is 10.2 Å². The monoisotopic (exact) mass is 616 g/mol. The number of hydrazone groups is 1. The molecule has 0 aliphatic heterocycles. The highest BCUT2D eigenvalue weighted by molar-refractivity contribution is 14.1. The van der Waals surface area contributed by atoms with Gasteiger partial charge >= 0.3 is 18.1 Å². The first kappa shape index (κ1) is 24.6. The molecule has 0 fully saturated rings. The summed E-state index contributed by atoms with van der Waals surface area (Å²) >= 11 is 4.96. The maximum absolute atomic E-state index is 13.6. The van der Waals surface area contributed by atoms with Crippen LogP contribution >= 0.6 is 38.5 Å². The van der Waals surface area contributed by atoms with E-state index >= 15 is 0 Å². The minimum Gasteiger partial charge on any atom is -0.486 e. The van der Waals surface area contributed by atoms with Gasteiger partial charge in [0, 0.05) is 5.56 Å². The zero-order valence-electron chi connectivity index (χ0n) is 14.4. The number of ether oxygens (including phenoxy) is 1. The summed E-state index contributed by atoms with van der Waals surface area (Å²) in [5.74, 6) is -6.52. The van der Waals surface area contributed by atoms with E-state index in [4.69, 9.17) is 4.74 Å². The molecule has 0 heterocycles. The van der Waals surface area contributed by atoms with E-state index in [0.29, 0.717) is 19.7 Å². The smallest absolute Gasteiger partial charge is 0.462 e. The lowest BCUT2D eigenvalue weighted by molar-refractivity contribution is -0.361. The summed E-state index contributed by atoms with van der Waals surface area (Å²) in [6.45, 7) is -0.116. The molecule has 0 bridgehead atoms. The molecule has 0 radical (unpaired) electrons. The third-order valence-corrected chi connectivity index (χ3v) is 4.91. The van der Waals surface area contributed by atoms with Crippen molar-refractivity contribution in [2.75, 3.05) is 0 Å². The lowest BCUT2D eigenvalue weighted by atomic mass is 10.2. The Hall–Kier alpha value is -1.64. The summed E-state index contributed by atoms with van der Waals surface area (Å²) in [6.07, 6.45) is -5.83. The van der Waals surface area contributed by atoms with Gasteiger partial charge in [-0.15, -0.1) is 0 Å². The molecule has 2 rings (SSSR count). The van der Waals surface area contributed by atoms with Crippen molar-refractivity contribution >= 4 is 44.7 Å². The van der Waals surface area contributed by atoms with Crippen LogP contribution in [0.4, 0.5) is 35.1 Å². The average Bonchev–Trinajstić information content (AvgIpc) is 2.61. The van der Waals surface area contributed by atoms with Crippen LogP contribution in [0.2, 0.25) is 0 Å². The molecular weight excluding hydrogens is 607 g/mol. The fourth-order valence-corrected chi connectivity index (χ4v) is 3.76. The molecule has 0 aromatic heterocycles. The molecule has 2 aromatic carbocycles. The highest BCUT2D eigenvalue weighted by Gasteiger charge is 2.73. The number of rotatable bonds is 7. The Bertz CT molecular complexity index is 913. The van der Waals surface area contributed by atoms with Gasteiger partial charge in [-0.3, -0.25) is 0 Å². The normalized spacial score (nSPS) is 13.0. The summed E-state index contributed by atoms with van der Waals surface area (Å²) in [4.78, 5) is 0. The number of hydrogen-bond donors (Lipinski definition) is 1. The van der Waals surface area contributed by atoms with Gasteiger partial charge in [0.2, 0.25) is 0 Å². The Morgan fingerprint density at radius 2 is 1.70 bits per heavy atom. The predicted molar refractivity (Wildman–Crippen MR) is 104 cm³/mol. The van der Waals surface area contributed by atoms with E-state index in [9.17, 15) is 35.1 Å². The Morgan fingerprint density at radius 1 is 1.07 bits per heavy atom. The van der Waals surface area contributed by atoms with Crippen molar-refractivity contribution in [2.24, 2.45) is 5.10 Å². The number of halogens is 10. The Morgan fingerprint density at radius 3 is 2.27 bits per heavy atom. The van der Waals surface area contributed by atoms with E-state index in [1.807, 2.05) is 0 Å². The van der Waals surface area contributed by atoms with E-state index in [1.54, 1.807) is 28.7 Å². The van der Waals surface area contributed by atoms with Crippen LogP contribution in [0.3, 0.4) is 0 Å². The highest BCUT2D eigenvalue weighted by Crippen LogP contribution is 2.45. The largest absolute Gasteiger partial charge is 0.486 e. The molecule has 0 atom stereocenters. The fourth-order valence-electron chi connectivity index (χ4n) is 1.99. The zero-order chi connectivity index (χ0) is 22.7. The Labute approximate surface area is 186 Å². The molecule has 164 valence electrons. The first-order valence-electron chi connectivity index (χ1n) is 7.74. The van der Waals surface area contributed by atoms with E-state index in [1.165, 1.54) is 30.3 Å². The van der Waals surface area contributed by atoms with Crippen molar-refractivity contribution < 1.29 is 39.9 Å². The number of nitrogens with one attached hydrogen (secondary N) is 1. The topological polar surface area (TPSA) is 33.6 Å². The van der Waals surface area contributed by atoms with Crippen molar-refractivity contribution in [2.45, 2.75) is 24.8 Å². The maximum Gasteiger partial charge on any atom is 0.462 e. The number of benzene rings is 2. The third-order valence-electron chi connectivity index (χ3n) is 3.52. The van der Waals surface area contributed by atoms with Gasteiger partial charge in [0.25, 0.3) is 0 Å². The first-order chi connectivity index (χ1) is 13.8. The van der Waals surface area contributed by atoms with Gasteiger partial charge in [-0.25, -0.2) is 9.82 Å². The van der Waals surface area contributed by atoms with Gasteiger partial charge in [-0.2, -0.15) is 35.8 Å². The van der Waals surface area contributed by atoms with Crippen molar-refractivity contribution in [1.82, 2.24) is 5.43 Å². The molecule has 0 saturated carbocycles. The van der Waals surface area contributed by atoms with E-state index in [0.717, 1.165) is 0 Å². The molecule has 3 nitrogen and oxygen atoms in total.